The van der Waals surface area contributed by atoms with E-state index in [1.807, 2.05) is 0 Å². The molecule has 0 aromatic heterocycles. The fourth-order valence-corrected chi connectivity index (χ4v) is 1.44. The summed E-state index contributed by atoms with van der Waals surface area (Å²) < 4.78 is 40.6. The van der Waals surface area contributed by atoms with Crippen LogP contribution in [0.4, 0.5) is 18.9 Å². The molecule has 0 radical (unpaired) electrons. The molecule has 0 saturated carbocycles. The van der Waals surface area contributed by atoms with Crippen LogP contribution in [0.15, 0.2) is 29.3 Å². The average Bonchev–Trinajstić information content (AvgIpc) is 2.35. The number of benzene rings is 1. The SMILES string of the molecule is CSC(=Nc1cccc(OCC(F)(F)F)c1)NC#N. The maximum Gasteiger partial charge on any atom is 0.422 e. The Bertz CT molecular complexity index is 497. The predicted octanol–water partition coefficient (Wildman–Crippen LogP) is 3.05. The Balaban J connectivity index is 2.80. The van der Waals surface area contributed by atoms with Crippen molar-refractivity contribution in [2.75, 3.05) is 12.9 Å². The summed E-state index contributed by atoms with van der Waals surface area (Å²) in [7, 11) is 0. The molecule has 19 heavy (non-hydrogen) atoms. The fraction of sp³-hybridized carbons (Fsp3) is 0.273. The molecule has 1 N–H and O–H groups in total. The van der Waals surface area contributed by atoms with E-state index in [0.717, 1.165) is 0 Å². The number of nitrogens with zero attached hydrogens (tertiary/aromatic N) is 2. The lowest BCUT2D eigenvalue weighted by atomic mass is 10.3. The van der Waals surface area contributed by atoms with E-state index in [1.54, 1.807) is 18.5 Å². The lowest BCUT2D eigenvalue weighted by Gasteiger charge is -2.09. The minimum absolute atomic E-state index is 0.0657. The van der Waals surface area contributed by atoms with Gasteiger partial charge < -0.3 is 4.74 Å². The van der Waals surface area contributed by atoms with Crippen LogP contribution in [0.5, 0.6) is 5.75 Å². The first kappa shape index (κ1) is 15.2. The van der Waals surface area contributed by atoms with Gasteiger partial charge in [-0.25, -0.2) is 4.99 Å². The maximum atomic E-state index is 12.0. The van der Waals surface area contributed by atoms with Crippen molar-refractivity contribution in [2.24, 2.45) is 4.99 Å². The second-order valence-electron chi connectivity index (χ2n) is 3.26. The van der Waals surface area contributed by atoms with Gasteiger partial charge in [0.25, 0.3) is 0 Å². The fourth-order valence-electron chi connectivity index (χ4n) is 1.10. The van der Waals surface area contributed by atoms with Crippen LogP contribution in [0.2, 0.25) is 0 Å². The molecule has 102 valence electrons. The van der Waals surface area contributed by atoms with Crippen LogP contribution in [-0.4, -0.2) is 24.2 Å². The first-order valence-corrected chi connectivity index (χ1v) is 6.24. The van der Waals surface area contributed by atoms with E-state index in [-0.39, 0.29) is 5.75 Å². The molecule has 8 heteroatoms. The molecule has 1 rings (SSSR count). The third-order valence-corrected chi connectivity index (χ3v) is 2.39. The van der Waals surface area contributed by atoms with Gasteiger partial charge in [0.2, 0.25) is 0 Å². The van der Waals surface area contributed by atoms with Crippen LogP contribution < -0.4 is 10.1 Å². The number of nitriles is 1. The number of hydrogen-bond acceptors (Lipinski definition) is 4. The van der Waals surface area contributed by atoms with Crippen molar-refractivity contribution in [3.05, 3.63) is 24.3 Å². The molecule has 0 aliphatic heterocycles. The second kappa shape index (κ2) is 6.89. The minimum Gasteiger partial charge on any atom is -0.484 e. The first-order valence-electron chi connectivity index (χ1n) is 5.02. The summed E-state index contributed by atoms with van der Waals surface area (Å²) in [6.07, 6.45) is -0.950. The van der Waals surface area contributed by atoms with E-state index in [1.165, 1.54) is 30.0 Å². The Labute approximate surface area is 112 Å². The smallest absolute Gasteiger partial charge is 0.422 e. The zero-order valence-corrected chi connectivity index (χ0v) is 10.7. The highest BCUT2D eigenvalue weighted by Crippen LogP contribution is 2.23. The van der Waals surface area contributed by atoms with Crippen LogP contribution >= 0.6 is 11.8 Å². The van der Waals surface area contributed by atoms with Gasteiger partial charge in [-0.2, -0.15) is 18.4 Å². The summed E-state index contributed by atoms with van der Waals surface area (Å²) in [5, 5.41) is 11.2. The summed E-state index contributed by atoms with van der Waals surface area (Å²) in [6.45, 7) is -1.36. The minimum atomic E-state index is -4.38. The van der Waals surface area contributed by atoms with Crippen molar-refractivity contribution in [2.45, 2.75) is 6.18 Å². The van der Waals surface area contributed by atoms with E-state index in [9.17, 15) is 13.2 Å². The van der Waals surface area contributed by atoms with Crippen LogP contribution in [0.25, 0.3) is 0 Å². The van der Waals surface area contributed by atoms with Gasteiger partial charge in [0, 0.05) is 6.07 Å². The van der Waals surface area contributed by atoms with Crippen molar-refractivity contribution in [1.82, 2.24) is 5.32 Å². The number of rotatable bonds is 3. The topological polar surface area (TPSA) is 57.4 Å². The number of aliphatic imine (C=N–C) groups is 1. The highest BCUT2D eigenvalue weighted by molar-refractivity contribution is 8.13. The molecule has 0 fully saturated rings. The highest BCUT2D eigenvalue weighted by atomic mass is 32.2. The molecule has 0 spiro atoms. The van der Waals surface area contributed by atoms with E-state index < -0.39 is 12.8 Å². The number of halogens is 3. The number of thioether (sulfide) groups is 1. The number of nitrogens with one attached hydrogen (secondary N) is 1. The molecule has 0 unspecified atom stereocenters. The molecular weight excluding hydrogens is 279 g/mol. The molecule has 0 amide bonds. The monoisotopic (exact) mass is 289 g/mol. The van der Waals surface area contributed by atoms with E-state index in [0.29, 0.717) is 10.9 Å². The molecule has 1 aromatic carbocycles. The van der Waals surface area contributed by atoms with E-state index in [4.69, 9.17) is 5.26 Å². The van der Waals surface area contributed by atoms with Gasteiger partial charge >= 0.3 is 6.18 Å². The predicted molar refractivity (Wildman–Crippen MR) is 67.4 cm³/mol. The second-order valence-corrected chi connectivity index (χ2v) is 4.05. The Kier molecular flexibility index (Phi) is 5.51. The summed E-state index contributed by atoms with van der Waals surface area (Å²) >= 11 is 1.21. The third-order valence-electron chi connectivity index (χ3n) is 1.81. The zero-order chi connectivity index (χ0) is 14.3. The van der Waals surface area contributed by atoms with Crippen LogP contribution in [0.3, 0.4) is 0 Å². The molecule has 0 atom stereocenters. The number of hydrogen-bond donors (Lipinski definition) is 1. The Hall–Kier alpha value is -1.88. The Morgan fingerprint density at radius 1 is 1.53 bits per heavy atom. The summed E-state index contributed by atoms with van der Waals surface area (Å²) in [5.74, 6) is 0.0657. The highest BCUT2D eigenvalue weighted by Gasteiger charge is 2.28. The molecule has 0 aliphatic carbocycles. The first-order chi connectivity index (χ1) is 8.94. The standard InChI is InChI=1S/C11H10F3N3OS/c1-19-10(16-7-15)17-8-3-2-4-9(5-8)18-6-11(12,13)14/h2-5H,6H2,1H3,(H,16,17). The lowest BCUT2D eigenvalue weighted by Crippen LogP contribution is -2.19. The number of alkyl halides is 3. The van der Waals surface area contributed by atoms with Gasteiger partial charge in [-0.1, -0.05) is 17.8 Å². The van der Waals surface area contributed by atoms with Crippen molar-refractivity contribution in [3.63, 3.8) is 0 Å². The Morgan fingerprint density at radius 2 is 2.26 bits per heavy atom. The van der Waals surface area contributed by atoms with Gasteiger partial charge in [-0.15, -0.1) is 0 Å². The largest absolute Gasteiger partial charge is 0.484 e. The molecule has 1 aromatic rings. The van der Waals surface area contributed by atoms with Gasteiger partial charge in [0.15, 0.2) is 18.0 Å². The van der Waals surface area contributed by atoms with E-state index >= 15 is 0 Å². The quantitative estimate of drug-likeness (QED) is 0.402. The Morgan fingerprint density at radius 3 is 2.84 bits per heavy atom. The van der Waals surface area contributed by atoms with Gasteiger partial charge in [-0.05, 0) is 18.4 Å². The van der Waals surface area contributed by atoms with Crippen LogP contribution in [0.1, 0.15) is 0 Å². The van der Waals surface area contributed by atoms with Gasteiger partial charge in [-0.3, -0.25) is 5.32 Å². The van der Waals surface area contributed by atoms with Crippen LogP contribution in [-0.2, 0) is 0 Å². The molecular formula is C11H10F3N3OS. The van der Waals surface area contributed by atoms with Gasteiger partial charge in [0.05, 0.1) is 5.69 Å². The van der Waals surface area contributed by atoms with Crippen molar-refractivity contribution in [1.29, 1.82) is 5.26 Å². The lowest BCUT2D eigenvalue weighted by molar-refractivity contribution is -0.153. The van der Waals surface area contributed by atoms with Crippen molar-refractivity contribution in [3.8, 4) is 11.9 Å². The van der Waals surface area contributed by atoms with Crippen molar-refractivity contribution < 1.29 is 17.9 Å². The third kappa shape index (κ3) is 6.01. The number of ether oxygens (including phenoxy) is 1. The molecule has 0 bridgehead atoms. The number of amidine groups is 1. The normalized spacial score (nSPS) is 11.8. The molecule has 0 heterocycles. The van der Waals surface area contributed by atoms with Crippen molar-refractivity contribution >= 4 is 22.6 Å². The summed E-state index contributed by atoms with van der Waals surface area (Å²) in [4.78, 5) is 4.06. The van der Waals surface area contributed by atoms with Crippen LogP contribution in [0, 0.1) is 11.5 Å². The van der Waals surface area contributed by atoms with Gasteiger partial charge in [0.1, 0.15) is 5.75 Å². The molecule has 4 nitrogen and oxygen atoms in total. The molecule has 0 saturated heterocycles. The molecule has 0 aliphatic rings. The van der Waals surface area contributed by atoms with E-state index in [2.05, 4.69) is 15.0 Å². The zero-order valence-electron chi connectivity index (χ0n) is 9.86. The average molecular weight is 289 g/mol. The summed E-state index contributed by atoms with van der Waals surface area (Å²) in [6, 6.07) is 5.88. The summed E-state index contributed by atoms with van der Waals surface area (Å²) in [5.41, 5.74) is 0.395. The maximum absolute atomic E-state index is 12.0.